The van der Waals surface area contributed by atoms with Gasteiger partial charge in [0.25, 0.3) is 0 Å². The largest absolute Gasteiger partial charge is 0.496 e. The number of halogens is 4. The zero-order valence-electron chi connectivity index (χ0n) is 15.8. The summed E-state index contributed by atoms with van der Waals surface area (Å²) in [7, 11) is 1.59. The number of benzene rings is 2. The summed E-state index contributed by atoms with van der Waals surface area (Å²) < 4.78 is 46.0. The highest BCUT2D eigenvalue weighted by molar-refractivity contribution is 14.1. The van der Waals surface area contributed by atoms with Crippen molar-refractivity contribution in [1.82, 2.24) is 9.97 Å². The van der Waals surface area contributed by atoms with E-state index < -0.39 is 11.7 Å². The van der Waals surface area contributed by atoms with Crippen molar-refractivity contribution < 1.29 is 17.9 Å². The van der Waals surface area contributed by atoms with Crippen LogP contribution in [-0.4, -0.2) is 17.1 Å². The van der Waals surface area contributed by atoms with Crippen LogP contribution in [0.2, 0.25) is 0 Å². The second kappa shape index (κ2) is 7.73. The molecule has 28 heavy (non-hydrogen) atoms. The summed E-state index contributed by atoms with van der Waals surface area (Å²) in [5.74, 6) is 1.84. The first-order chi connectivity index (χ1) is 13.1. The Labute approximate surface area is 174 Å². The highest BCUT2D eigenvalue weighted by atomic mass is 127. The summed E-state index contributed by atoms with van der Waals surface area (Å²) >= 11 is 2.16. The normalized spacial score (nSPS) is 12.9. The summed E-state index contributed by atoms with van der Waals surface area (Å²) in [6.45, 7) is 5.09. The van der Waals surface area contributed by atoms with E-state index in [2.05, 4.69) is 37.9 Å². The van der Waals surface area contributed by atoms with Crippen molar-refractivity contribution >= 4 is 39.3 Å². The lowest BCUT2D eigenvalue weighted by atomic mass is 9.97. The van der Waals surface area contributed by atoms with Gasteiger partial charge in [-0.25, -0.2) is 9.97 Å². The summed E-state index contributed by atoms with van der Waals surface area (Å²) in [6.07, 6.45) is -4.38. The van der Waals surface area contributed by atoms with Gasteiger partial charge in [0.05, 0.1) is 27.8 Å². The molecule has 0 bridgehead atoms. The fraction of sp³-hybridized carbons (Fsp3) is 0.300. The quantitative estimate of drug-likeness (QED) is 0.443. The van der Waals surface area contributed by atoms with Gasteiger partial charge in [0, 0.05) is 11.5 Å². The molecule has 0 radical (unpaired) electrons. The minimum Gasteiger partial charge on any atom is -0.496 e. The van der Waals surface area contributed by atoms with E-state index in [1.54, 1.807) is 20.1 Å². The Morgan fingerprint density at radius 2 is 1.86 bits per heavy atom. The van der Waals surface area contributed by atoms with Crippen LogP contribution >= 0.6 is 22.6 Å². The van der Waals surface area contributed by atoms with Gasteiger partial charge in [-0.05, 0) is 66.6 Å². The number of rotatable bonds is 4. The molecule has 1 heterocycles. The van der Waals surface area contributed by atoms with Crippen LogP contribution in [0, 0.1) is 17.4 Å². The highest BCUT2D eigenvalue weighted by Gasteiger charge is 2.33. The standard InChI is InChI=1S/C20H19F3IN3O/c1-10-13(6-5-7-15(10)20(21,22)23)11(2)25-19-14-8-16(24)18(28-4)9-17(14)26-12(3)27-19/h5-9,11H,1-4H3,(H,25,26,27)/t11-/m1/s1. The van der Waals surface area contributed by atoms with Gasteiger partial charge in [-0.3, -0.25) is 0 Å². The Hall–Kier alpha value is -2.10. The van der Waals surface area contributed by atoms with Crippen LogP contribution in [0.3, 0.4) is 0 Å². The summed E-state index contributed by atoms with van der Waals surface area (Å²) in [5, 5.41) is 4.05. The number of nitrogens with zero attached hydrogens (tertiary/aromatic N) is 2. The zero-order chi connectivity index (χ0) is 20.6. The monoisotopic (exact) mass is 501 g/mol. The average Bonchev–Trinajstić information content (AvgIpc) is 2.60. The molecule has 2 aromatic carbocycles. The van der Waals surface area contributed by atoms with Crippen molar-refractivity contribution in [3.63, 3.8) is 0 Å². The fourth-order valence-electron chi connectivity index (χ4n) is 3.23. The zero-order valence-corrected chi connectivity index (χ0v) is 17.9. The summed E-state index contributed by atoms with van der Waals surface area (Å²) in [4.78, 5) is 8.92. The number of aryl methyl sites for hydroxylation is 1. The number of ether oxygens (including phenoxy) is 1. The first kappa shape index (κ1) is 20.6. The van der Waals surface area contributed by atoms with E-state index in [1.165, 1.54) is 13.0 Å². The van der Waals surface area contributed by atoms with Crippen LogP contribution in [0.15, 0.2) is 30.3 Å². The van der Waals surface area contributed by atoms with E-state index >= 15 is 0 Å². The Bertz CT molecular complexity index is 1040. The molecule has 0 saturated carbocycles. The Kier molecular flexibility index (Phi) is 5.69. The van der Waals surface area contributed by atoms with Crippen LogP contribution in [-0.2, 0) is 6.18 Å². The SMILES string of the molecule is COc1cc2nc(C)nc(N[C@H](C)c3cccc(C(F)(F)F)c3C)c2cc1I. The van der Waals surface area contributed by atoms with Gasteiger partial charge in [0.2, 0.25) is 0 Å². The van der Waals surface area contributed by atoms with Gasteiger partial charge in [0.15, 0.2) is 0 Å². The van der Waals surface area contributed by atoms with Crippen LogP contribution in [0.25, 0.3) is 10.9 Å². The van der Waals surface area contributed by atoms with Crippen molar-refractivity contribution in [2.24, 2.45) is 0 Å². The van der Waals surface area contributed by atoms with E-state index in [-0.39, 0.29) is 11.6 Å². The Morgan fingerprint density at radius 1 is 1.14 bits per heavy atom. The number of anilines is 1. The molecule has 1 aromatic heterocycles. The van der Waals surface area contributed by atoms with E-state index in [0.717, 1.165) is 15.0 Å². The number of aromatic nitrogens is 2. The molecule has 3 aromatic rings. The van der Waals surface area contributed by atoms with E-state index in [0.29, 0.717) is 28.5 Å². The highest BCUT2D eigenvalue weighted by Crippen LogP contribution is 2.36. The van der Waals surface area contributed by atoms with Crippen LogP contribution in [0.4, 0.5) is 19.0 Å². The maximum atomic E-state index is 13.2. The lowest BCUT2D eigenvalue weighted by molar-refractivity contribution is -0.138. The van der Waals surface area contributed by atoms with Gasteiger partial charge in [-0.15, -0.1) is 0 Å². The molecule has 3 rings (SSSR count). The second-order valence-corrected chi connectivity index (χ2v) is 7.67. The predicted octanol–water partition coefficient (Wildman–Crippen LogP) is 6.05. The van der Waals surface area contributed by atoms with Crippen molar-refractivity contribution in [3.8, 4) is 5.75 Å². The van der Waals surface area contributed by atoms with Crippen LogP contribution in [0.1, 0.15) is 35.5 Å². The molecular formula is C20H19F3IN3O. The number of alkyl halides is 3. The smallest absolute Gasteiger partial charge is 0.416 e. The lowest BCUT2D eigenvalue weighted by Crippen LogP contribution is -2.14. The first-order valence-electron chi connectivity index (χ1n) is 8.57. The van der Waals surface area contributed by atoms with Gasteiger partial charge < -0.3 is 10.1 Å². The van der Waals surface area contributed by atoms with Gasteiger partial charge in [-0.2, -0.15) is 13.2 Å². The van der Waals surface area contributed by atoms with Gasteiger partial charge in [-0.1, -0.05) is 12.1 Å². The third-order valence-corrected chi connectivity index (χ3v) is 5.42. The van der Waals surface area contributed by atoms with Crippen molar-refractivity contribution in [1.29, 1.82) is 0 Å². The molecule has 148 valence electrons. The molecule has 4 nitrogen and oxygen atoms in total. The minimum atomic E-state index is -4.38. The van der Waals surface area contributed by atoms with Crippen molar-refractivity contribution in [2.45, 2.75) is 33.0 Å². The number of hydrogen-bond donors (Lipinski definition) is 1. The molecule has 8 heteroatoms. The minimum absolute atomic E-state index is 0.210. The topological polar surface area (TPSA) is 47.0 Å². The molecular weight excluding hydrogens is 482 g/mol. The van der Waals surface area contributed by atoms with Gasteiger partial charge in [0.1, 0.15) is 17.4 Å². The average molecular weight is 501 g/mol. The summed E-state index contributed by atoms with van der Waals surface area (Å²) in [5.41, 5.74) is 0.866. The van der Waals surface area contributed by atoms with Crippen LogP contribution in [0.5, 0.6) is 5.75 Å². The maximum Gasteiger partial charge on any atom is 0.416 e. The predicted molar refractivity (Wildman–Crippen MR) is 112 cm³/mol. The molecule has 0 amide bonds. The molecule has 0 spiro atoms. The first-order valence-corrected chi connectivity index (χ1v) is 9.64. The molecule has 0 aliphatic heterocycles. The number of nitrogens with one attached hydrogen (secondary N) is 1. The Morgan fingerprint density at radius 3 is 2.50 bits per heavy atom. The van der Waals surface area contributed by atoms with Crippen molar-refractivity contribution in [3.05, 3.63) is 56.4 Å². The lowest BCUT2D eigenvalue weighted by Gasteiger charge is -2.21. The molecule has 1 atom stereocenters. The molecule has 0 aliphatic rings. The number of fused-ring (bicyclic) bond motifs is 1. The second-order valence-electron chi connectivity index (χ2n) is 6.51. The number of methoxy groups -OCH3 is 1. The molecule has 0 saturated heterocycles. The van der Waals surface area contributed by atoms with E-state index in [4.69, 9.17) is 4.74 Å². The summed E-state index contributed by atoms with van der Waals surface area (Å²) in [6, 6.07) is 7.59. The van der Waals surface area contributed by atoms with Crippen molar-refractivity contribution in [2.75, 3.05) is 12.4 Å². The molecule has 1 N–H and O–H groups in total. The molecule has 0 unspecified atom stereocenters. The molecule has 0 aliphatic carbocycles. The molecule has 0 fully saturated rings. The Balaban J connectivity index is 2.05. The van der Waals surface area contributed by atoms with Gasteiger partial charge >= 0.3 is 6.18 Å². The third-order valence-electron chi connectivity index (χ3n) is 4.58. The van der Waals surface area contributed by atoms with E-state index in [9.17, 15) is 13.2 Å². The fourth-order valence-corrected chi connectivity index (χ4v) is 3.91. The van der Waals surface area contributed by atoms with Crippen LogP contribution < -0.4 is 10.1 Å². The maximum absolute atomic E-state index is 13.2. The third kappa shape index (κ3) is 4.01. The number of hydrogen-bond acceptors (Lipinski definition) is 4. The van der Waals surface area contributed by atoms with E-state index in [1.807, 2.05) is 19.1 Å².